The Hall–Kier alpha value is -3.03. The van der Waals surface area contributed by atoms with Crippen LogP contribution in [-0.4, -0.2) is 26.4 Å². The zero-order valence-electron chi connectivity index (χ0n) is 17.1. The molecule has 0 saturated carbocycles. The minimum atomic E-state index is -0.137. The summed E-state index contributed by atoms with van der Waals surface area (Å²) in [6.45, 7) is 2.20. The van der Waals surface area contributed by atoms with Crippen molar-refractivity contribution in [1.82, 2.24) is 14.8 Å². The predicted molar refractivity (Wildman–Crippen MR) is 125 cm³/mol. The highest BCUT2D eigenvalue weighted by molar-refractivity contribution is 7.99. The molecule has 0 aliphatic heterocycles. The van der Waals surface area contributed by atoms with E-state index in [0.29, 0.717) is 21.7 Å². The molecule has 0 aliphatic rings. The Morgan fingerprint density at radius 2 is 1.90 bits per heavy atom. The van der Waals surface area contributed by atoms with E-state index in [1.54, 1.807) is 6.07 Å². The van der Waals surface area contributed by atoms with Crippen molar-refractivity contribution in [3.8, 4) is 5.75 Å². The summed E-state index contributed by atoms with van der Waals surface area (Å²) in [7, 11) is 1.86. The second-order valence-electron chi connectivity index (χ2n) is 7.06. The van der Waals surface area contributed by atoms with Gasteiger partial charge in [0.2, 0.25) is 5.91 Å². The number of fused-ring (bicyclic) bond motifs is 1. The van der Waals surface area contributed by atoms with Gasteiger partial charge in [-0.2, -0.15) is 0 Å². The van der Waals surface area contributed by atoms with Crippen molar-refractivity contribution in [3.63, 3.8) is 0 Å². The summed E-state index contributed by atoms with van der Waals surface area (Å²) in [5.41, 5.74) is 1.63. The molecule has 158 valence electrons. The van der Waals surface area contributed by atoms with Crippen molar-refractivity contribution >= 4 is 45.7 Å². The maximum atomic E-state index is 12.3. The minimum absolute atomic E-state index is 0.137. The summed E-state index contributed by atoms with van der Waals surface area (Å²) >= 11 is 7.42. The number of thioether (sulfide) groups is 1. The van der Waals surface area contributed by atoms with E-state index < -0.39 is 0 Å². The molecule has 0 spiro atoms. The number of rotatable bonds is 7. The SMILES string of the molecule is Cc1ccc(NC(=O)CSc2nnc(COc3ccc4ccccc4c3)n2C)cc1Cl. The number of hydrogen-bond acceptors (Lipinski definition) is 5. The van der Waals surface area contributed by atoms with E-state index in [0.717, 1.165) is 16.7 Å². The Morgan fingerprint density at radius 1 is 1.10 bits per heavy atom. The van der Waals surface area contributed by atoms with Crippen LogP contribution in [0.4, 0.5) is 5.69 Å². The fraction of sp³-hybridized carbons (Fsp3) is 0.174. The Balaban J connectivity index is 1.33. The summed E-state index contributed by atoms with van der Waals surface area (Å²) in [4.78, 5) is 12.3. The van der Waals surface area contributed by atoms with Crippen LogP contribution >= 0.6 is 23.4 Å². The van der Waals surface area contributed by atoms with Crippen LogP contribution in [0.2, 0.25) is 5.02 Å². The molecule has 0 aliphatic carbocycles. The molecule has 0 saturated heterocycles. The zero-order valence-corrected chi connectivity index (χ0v) is 18.7. The molecule has 3 aromatic carbocycles. The summed E-state index contributed by atoms with van der Waals surface area (Å²) in [6.07, 6.45) is 0. The third kappa shape index (κ3) is 5.18. The van der Waals surface area contributed by atoms with Crippen molar-refractivity contribution in [3.05, 3.63) is 77.1 Å². The molecular formula is C23H21ClN4O2S. The van der Waals surface area contributed by atoms with Gasteiger partial charge in [0, 0.05) is 17.8 Å². The standard InChI is InChI=1S/C23H21ClN4O2S/c1-15-7-9-18(12-20(15)24)25-22(29)14-31-23-27-26-21(28(23)2)13-30-19-10-8-16-5-3-4-6-17(16)11-19/h3-12H,13-14H2,1-2H3,(H,25,29). The molecular weight excluding hydrogens is 432 g/mol. The molecule has 6 nitrogen and oxygen atoms in total. The molecule has 4 rings (SSSR count). The van der Waals surface area contributed by atoms with Crippen LogP contribution in [0.15, 0.2) is 65.8 Å². The van der Waals surface area contributed by atoms with Gasteiger partial charge in [0.05, 0.1) is 5.75 Å². The van der Waals surface area contributed by atoms with E-state index >= 15 is 0 Å². The molecule has 8 heteroatoms. The van der Waals surface area contributed by atoms with Gasteiger partial charge in [0.25, 0.3) is 0 Å². The normalized spacial score (nSPS) is 10.9. The first kappa shape index (κ1) is 21.2. The van der Waals surface area contributed by atoms with Crippen LogP contribution in [0.1, 0.15) is 11.4 Å². The van der Waals surface area contributed by atoms with Gasteiger partial charge in [-0.25, -0.2) is 0 Å². The number of benzene rings is 3. The van der Waals surface area contributed by atoms with E-state index in [9.17, 15) is 4.79 Å². The molecule has 4 aromatic rings. The highest BCUT2D eigenvalue weighted by Gasteiger charge is 2.13. The predicted octanol–water partition coefficient (Wildman–Crippen LogP) is 5.24. The molecule has 1 N–H and O–H groups in total. The lowest BCUT2D eigenvalue weighted by Crippen LogP contribution is -2.14. The first-order valence-corrected chi connectivity index (χ1v) is 11.0. The van der Waals surface area contributed by atoms with Crippen molar-refractivity contribution in [2.24, 2.45) is 7.05 Å². The monoisotopic (exact) mass is 452 g/mol. The smallest absolute Gasteiger partial charge is 0.234 e. The highest BCUT2D eigenvalue weighted by atomic mass is 35.5. The van der Waals surface area contributed by atoms with Gasteiger partial charge in [-0.3, -0.25) is 4.79 Å². The lowest BCUT2D eigenvalue weighted by atomic mass is 10.1. The molecule has 0 unspecified atom stereocenters. The first-order chi connectivity index (χ1) is 15.0. The molecule has 1 aromatic heterocycles. The minimum Gasteiger partial charge on any atom is -0.486 e. The summed E-state index contributed by atoms with van der Waals surface area (Å²) in [5, 5.41) is 14.8. The van der Waals surface area contributed by atoms with Gasteiger partial charge in [-0.1, -0.05) is 59.8 Å². The highest BCUT2D eigenvalue weighted by Crippen LogP contribution is 2.23. The molecule has 0 radical (unpaired) electrons. The number of aromatic nitrogens is 3. The molecule has 0 fully saturated rings. The van der Waals surface area contributed by atoms with Crippen molar-refractivity contribution in [2.45, 2.75) is 18.7 Å². The molecule has 0 atom stereocenters. The largest absolute Gasteiger partial charge is 0.486 e. The van der Waals surface area contributed by atoms with Gasteiger partial charge in [-0.05, 0) is 47.5 Å². The second-order valence-corrected chi connectivity index (χ2v) is 8.41. The number of nitrogens with one attached hydrogen (secondary N) is 1. The summed E-state index contributed by atoms with van der Waals surface area (Å²) in [5.74, 6) is 1.53. The van der Waals surface area contributed by atoms with E-state index in [2.05, 4.69) is 27.6 Å². The van der Waals surface area contributed by atoms with Crippen LogP contribution in [0.5, 0.6) is 5.75 Å². The average molecular weight is 453 g/mol. The van der Waals surface area contributed by atoms with Crippen LogP contribution in [-0.2, 0) is 18.4 Å². The number of carbonyl (C=O) groups excluding carboxylic acids is 1. The fourth-order valence-corrected chi connectivity index (χ4v) is 3.91. The average Bonchev–Trinajstić information content (AvgIpc) is 3.12. The number of nitrogens with zero attached hydrogens (tertiary/aromatic N) is 3. The molecule has 31 heavy (non-hydrogen) atoms. The van der Waals surface area contributed by atoms with Gasteiger partial charge in [-0.15, -0.1) is 10.2 Å². The Bertz CT molecular complexity index is 1240. The van der Waals surface area contributed by atoms with Gasteiger partial charge in [0.1, 0.15) is 12.4 Å². The van der Waals surface area contributed by atoms with E-state index in [1.807, 2.05) is 61.0 Å². The second kappa shape index (κ2) is 9.41. The lowest BCUT2D eigenvalue weighted by molar-refractivity contribution is -0.113. The molecule has 0 bridgehead atoms. The first-order valence-electron chi connectivity index (χ1n) is 9.68. The molecule has 1 amide bonds. The quantitative estimate of drug-likeness (QED) is 0.388. The van der Waals surface area contributed by atoms with Gasteiger partial charge in [0.15, 0.2) is 11.0 Å². The number of carbonyl (C=O) groups is 1. The van der Waals surface area contributed by atoms with Crippen molar-refractivity contribution in [2.75, 3.05) is 11.1 Å². The number of hydrogen-bond donors (Lipinski definition) is 1. The maximum absolute atomic E-state index is 12.3. The van der Waals surface area contributed by atoms with Crippen LogP contribution < -0.4 is 10.1 Å². The van der Waals surface area contributed by atoms with E-state index in [1.165, 1.54) is 17.1 Å². The Kier molecular flexibility index (Phi) is 6.44. The van der Waals surface area contributed by atoms with E-state index in [4.69, 9.17) is 16.3 Å². The summed E-state index contributed by atoms with van der Waals surface area (Å²) < 4.78 is 7.73. The van der Waals surface area contributed by atoms with Crippen LogP contribution in [0.3, 0.4) is 0 Å². The fourth-order valence-electron chi connectivity index (χ4n) is 3.00. The maximum Gasteiger partial charge on any atom is 0.234 e. The third-order valence-corrected chi connectivity index (χ3v) is 6.23. The number of anilines is 1. The zero-order chi connectivity index (χ0) is 21.8. The topological polar surface area (TPSA) is 69.0 Å². The van der Waals surface area contributed by atoms with Crippen LogP contribution in [0.25, 0.3) is 10.8 Å². The number of halogens is 1. The number of amides is 1. The summed E-state index contributed by atoms with van der Waals surface area (Å²) in [6, 6.07) is 19.5. The van der Waals surface area contributed by atoms with Crippen molar-refractivity contribution in [1.29, 1.82) is 0 Å². The number of ether oxygens (including phenoxy) is 1. The van der Waals surface area contributed by atoms with Crippen LogP contribution in [0, 0.1) is 6.92 Å². The molecule has 1 heterocycles. The lowest BCUT2D eigenvalue weighted by Gasteiger charge is -2.08. The Morgan fingerprint density at radius 3 is 2.71 bits per heavy atom. The van der Waals surface area contributed by atoms with Crippen molar-refractivity contribution < 1.29 is 9.53 Å². The third-order valence-electron chi connectivity index (χ3n) is 4.80. The van der Waals surface area contributed by atoms with Gasteiger partial charge >= 0.3 is 0 Å². The number of aryl methyl sites for hydroxylation is 1. The van der Waals surface area contributed by atoms with Gasteiger partial charge < -0.3 is 14.6 Å². The Labute approximate surface area is 189 Å². The van der Waals surface area contributed by atoms with E-state index in [-0.39, 0.29) is 18.3 Å².